The number of nitrogens with one attached hydrogen (secondary N) is 1. The smallest absolute Gasteiger partial charge is 0.0638 e. The fourth-order valence-corrected chi connectivity index (χ4v) is 2.52. The van der Waals surface area contributed by atoms with Crippen LogP contribution in [0, 0.1) is 6.92 Å². The first-order chi connectivity index (χ1) is 8.15. The van der Waals surface area contributed by atoms with Crippen molar-refractivity contribution >= 4 is 0 Å². The maximum atomic E-state index is 4.37. The quantitative estimate of drug-likeness (QED) is 0.859. The van der Waals surface area contributed by atoms with Crippen LogP contribution in [0.5, 0.6) is 0 Å². The summed E-state index contributed by atoms with van der Waals surface area (Å²) >= 11 is 0. The third-order valence-corrected chi connectivity index (χ3v) is 3.65. The summed E-state index contributed by atoms with van der Waals surface area (Å²) in [5.74, 6) is 0. The van der Waals surface area contributed by atoms with Crippen molar-refractivity contribution < 1.29 is 0 Å². The van der Waals surface area contributed by atoms with Crippen molar-refractivity contribution in [2.45, 2.75) is 38.8 Å². The molecule has 1 aromatic rings. The summed E-state index contributed by atoms with van der Waals surface area (Å²) in [7, 11) is 4.20. The zero-order chi connectivity index (χ0) is 12.3. The van der Waals surface area contributed by atoms with Crippen LogP contribution in [0.15, 0.2) is 6.20 Å². The van der Waals surface area contributed by atoms with Crippen molar-refractivity contribution in [3.8, 4) is 0 Å². The maximum absolute atomic E-state index is 4.37. The molecule has 2 heterocycles. The Kier molecular flexibility index (Phi) is 4.18. The van der Waals surface area contributed by atoms with Crippen LogP contribution in [-0.2, 0) is 13.6 Å². The molecule has 0 saturated carbocycles. The van der Waals surface area contributed by atoms with Gasteiger partial charge < -0.3 is 10.2 Å². The molecule has 0 amide bonds. The first-order valence-corrected chi connectivity index (χ1v) is 6.56. The molecule has 1 fully saturated rings. The summed E-state index contributed by atoms with van der Waals surface area (Å²) in [5.41, 5.74) is 2.47. The molecule has 4 heteroatoms. The van der Waals surface area contributed by atoms with E-state index in [0.717, 1.165) is 12.2 Å². The Hall–Kier alpha value is -0.870. The Morgan fingerprint density at radius 2 is 2.18 bits per heavy atom. The van der Waals surface area contributed by atoms with Crippen LogP contribution in [0.3, 0.4) is 0 Å². The molecule has 0 aromatic carbocycles. The van der Waals surface area contributed by atoms with Crippen LogP contribution in [0.1, 0.15) is 30.5 Å². The SMILES string of the molecule is Cc1nn(C)cc1CNC1CCCN(C)CC1. The summed E-state index contributed by atoms with van der Waals surface area (Å²) in [4.78, 5) is 2.43. The minimum atomic E-state index is 0.666. The number of aryl methyl sites for hydroxylation is 2. The van der Waals surface area contributed by atoms with Crippen LogP contribution in [0.25, 0.3) is 0 Å². The van der Waals surface area contributed by atoms with Crippen molar-refractivity contribution in [3.05, 3.63) is 17.5 Å². The van der Waals surface area contributed by atoms with Crippen molar-refractivity contribution in [1.82, 2.24) is 20.0 Å². The van der Waals surface area contributed by atoms with Crippen LogP contribution < -0.4 is 5.32 Å². The van der Waals surface area contributed by atoms with Gasteiger partial charge in [-0.15, -0.1) is 0 Å². The Morgan fingerprint density at radius 1 is 1.35 bits per heavy atom. The average molecular weight is 236 g/mol. The molecule has 96 valence electrons. The molecule has 17 heavy (non-hydrogen) atoms. The molecule has 1 atom stereocenters. The molecule has 1 aliphatic rings. The minimum absolute atomic E-state index is 0.666. The maximum Gasteiger partial charge on any atom is 0.0638 e. The normalized spacial score (nSPS) is 22.6. The molecule has 1 N–H and O–H groups in total. The van der Waals surface area contributed by atoms with E-state index >= 15 is 0 Å². The van der Waals surface area contributed by atoms with Gasteiger partial charge in [-0.1, -0.05) is 0 Å². The van der Waals surface area contributed by atoms with Crippen molar-refractivity contribution in [2.24, 2.45) is 7.05 Å². The third kappa shape index (κ3) is 3.54. The number of aromatic nitrogens is 2. The van der Waals surface area contributed by atoms with E-state index in [1.54, 1.807) is 0 Å². The lowest BCUT2D eigenvalue weighted by molar-refractivity contribution is 0.343. The Labute approximate surface area is 104 Å². The van der Waals surface area contributed by atoms with Crippen LogP contribution in [0.4, 0.5) is 0 Å². The molecular weight excluding hydrogens is 212 g/mol. The highest BCUT2D eigenvalue weighted by Crippen LogP contribution is 2.11. The van der Waals surface area contributed by atoms with Crippen molar-refractivity contribution in [2.75, 3.05) is 20.1 Å². The molecule has 1 unspecified atom stereocenters. The van der Waals surface area contributed by atoms with Gasteiger partial charge in [-0.25, -0.2) is 0 Å². The predicted octanol–water partition coefficient (Wildman–Crippen LogP) is 1.30. The summed E-state index contributed by atoms with van der Waals surface area (Å²) in [6.07, 6.45) is 5.98. The number of nitrogens with zero attached hydrogens (tertiary/aromatic N) is 3. The Balaban J connectivity index is 1.83. The molecule has 0 bridgehead atoms. The standard InChI is InChI=1S/C13H24N4/c1-11-12(10-17(3)15-11)9-14-13-5-4-7-16(2)8-6-13/h10,13-14H,4-9H2,1-3H3. The van der Waals surface area contributed by atoms with Crippen molar-refractivity contribution in [3.63, 3.8) is 0 Å². The van der Waals surface area contributed by atoms with Crippen LogP contribution in [-0.4, -0.2) is 40.9 Å². The lowest BCUT2D eigenvalue weighted by Crippen LogP contribution is -2.29. The van der Waals surface area contributed by atoms with Gasteiger partial charge in [0, 0.05) is 31.4 Å². The van der Waals surface area contributed by atoms with Crippen molar-refractivity contribution in [1.29, 1.82) is 0 Å². The van der Waals surface area contributed by atoms with Crippen LogP contribution >= 0.6 is 0 Å². The van der Waals surface area contributed by atoms with E-state index in [1.807, 2.05) is 11.7 Å². The van der Waals surface area contributed by atoms with Crippen LogP contribution in [0.2, 0.25) is 0 Å². The predicted molar refractivity (Wildman–Crippen MR) is 69.9 cm³/mol. The molecule has 0 aliphatic carbocycles. The van der Waals surface area contributed by atoms with Gasteiger partial charge in [-0.05, 0) is 46.3 Å². The number of hydrogen-bond acceptors (Lipinski definition) is 3. The molecule has 2 rings (SSSR count). The molecular formula is C13H24N4. The van der Waals surface area contributed by atoms with Gasteiger partial charge in [0.25, 0.3) is 0 Å². The highest BCUT2D eigenvalue weighted by molar-refractivity contribution is 5.14. The largest absolute Gasteiger partial charge is 0.310 e. The van der Waals surface area contributed by atoms with Gasteiger partial charge in [-0.2, -0.15) is 5.10 Å². The molecule has 4 nitrogen and oxygen atoms in total. The van der Waals surface area contributed by atoms with Gasteiger partial charge in [0.05, 0.1) is 5.69 Å². The average Bonchev–Trinajstić information content (AvgIpc) is 2.48. The lowest BCUT2D eigenvalue weighted by Gasteiger charge is -2.16. The van der Waals surface area contributed by atoms with E-state index in [2.05, 4.69) is 35.5 Å². The monoisotopic (exact) mass is 236 g/mol. The molecule has 0 radical (unpaired) electrons. The lowest BCUT2D eigenvalue weighted by atomic mass is 10.1. The summed E-state index contributed by atoms with van der Waals surface area (Å²) in [6.45, 7) is 5.49. The van der Waals surface area contributed by atoms with Gasteiger partial charge in [0.1, 0.15) is 0 Å². The second kappa shape index (κ2) is 5.65. The molecule has 1 aromatic heterocycles. The van der Waals surface area contributed by atoms with E-state index in [-0.39, 0.29) is 0 Å². The number of rotatable bonds is 3. The van der Waals surface area contributed by atoms with Gasteiger partial charge in [0.15, 0.2) is 0 Å². The number of likely N-dealkylation sites (tertiary alicyclic amines) is 1. The van der Waals surface area contributed by atoms with Gasteiger partial charge in [0.2, 0.25) is 0 Å². The van der Waals surface area contributed by atoms with Gasteiger partial charge in [-0.3, -0.25) is 4.68 Å². The minimum Gasteiger partial charge on any atom is -0.310 e. The summed E-state index contributed by atoms with van der Waals surface area (Å²) < 4.78 is 1.90. The summed E-state index contributed by atoms with van der Waals surface area (Å²) in [6, 6.07) is 0.666. The molecule has 0 spiro atoms. The highest BCUT2D eigenvalue weighted by atomic mass is 15.3. The summed E-state index contributed by atoms with van der Waals surface area (Å²) in [5, 5.41) is 8.05. The zero-order valence-electron chi connectivity index (χ0n) is 11.2. The highest BCUT2D eigenvalue weighted by Gasteiger charge is 2.14. The first kappa shape index (κ1) is 12.6. The second-order valence-corrected chi connectivity index (χ2v) is 5.23. The zero-order valence-corrected chi connectivity index (χ0v) is 11.2. The van der Waals surface area contributed by atoms with E-state index in [9.17, 15) is 0 Å². The number of hydrogen-bond donors (Lipinski definition) is 1. The van der Waals surface area contributed by atoms with E-state index in [0.29, 0.717) is 6.04 Å². The topological polar surface area (TPSA) is 33.1 Å². The van der Waals surface area contributed by atoms with E-state index in [4.69, 9.17) is 0 Å². The molecule has 1 aliphatic heterocycles. The first-order valence-electron chi connectivity index (χ1n) is 6.56. The van der Waals surface area contributed by atoms with E-state index in [1.165, 1.54) is 37.9 Å². The Morgan fingerprint density at radius 3 is 2.88 bits per heavy atom. The fourth-order valence-electron chi connectivity index (χ4n) is 2.52. The fraction of sp³-hybridized carbons (Fsp3) is 0.769. The second-order valence-electron chi connectivity index (χ2n) is 5.23. The molecule has 1 saturated heterocycles. The van der Waals surface area contributed by atoms with E-state index < -0.39 is 0 Å². The van der Waals surface area contributed by atoms with Gasteiger partial charge >= 0.3 is 0 Å². The Bertz CT molecular complexity index is 358. The third-order valence-electron chi connectivity index (χ3n) is 3.65.